The largest absolute Gasteiger partial charge is 0.481 e. The summed E-state index contributed by atoms with van der Waals surface area (Å²) in [5, 5.41) is 9.17. The first-order chi connectivity index (χ1) is 8.11. The summed E-state index contributed by atoms with van der Waals surface area (Å²) in [6.07, 6.45) is 4.85. The molecule has 0 aromatic heterocycles. The molecular weight excluding hydrogens is 220 g/mol. The van der Waals surface area contributed by atoms with Crippen LogP contribution >= 0.6 is 0 Å². The molecule has 17 heavy (non-hydrogen) atoms. The maximum Gasteiger partial charge on any atom is 0.309 e. The van der Waals surface area contributed by atoms with Crippen LogP contribution in [0.25, 0.3) is 0 Å². The molecule has 0 amide bonds. The van der Waals surface area contributed by atoms with Gasteiger partial charge in [0.05, 0.1) is 31.3 Å². The van der Waals surface area contributed by atoms with Gasteiger partial charge in [0.15, 0.2) is 0 Å². The van der Waals surface area contributed by atoms with Crippen molar-refractivity contribution in [3.05, 3.63) is 0 Å². The van der Waals surface area contributed by atoms with Crippen LogP contribution in [0.5, 0.6) is 0 Å². The molecule has 2 unspecified atom stereocenters. The van der Waals surface area contributed by atoms with E-state index in [0.29, 0.717) is 13.2 Å². The van der Waals surface area contributed by atoms with Gasteiger partial charge in [-0.25, -0.2) is 0 Å². The van der Waals surface area contributed by atoms with Crippen molar-refractivity contribution in [2.75, 3.05) is 13.2 Å². The van der Waals surface area contributed by atoms with Gasteiger partial charge in [-0.1, -0.05) is 19.3 Å². The summed E-state index contributed by atoms with van der Waals surface area (Å²) < 4.78 is 11.1. The first-order valence-electron chi connectivity index (χ1n) is 6.57. The van der Waals surface area contributed by atoms with Gasteiger partial charge in [0.1, 0.15) is 0 Å². The molecule has 1 N–H and O–H groups in total. The second kappa shape index (κ2) is 7.67. The number of rotatable bonds is 6. The number of aliphatic carboxylic acids is 1. The lowest BCUT2D eigenvalue weighted by Gasteiger charge is -2.22. The first kappa shape index (κ1) is 14.5. The molecule has 100 valence electrons. The van der Waals surface area contributed by atoms with Gasteiger partial charge in [-0.3, -0.25) is 4.79 Å². The van der Waals surface area contributed by atoms with Crippen LogP contribution < -0.4 is 0 Å². The molecule has 4 nitrogen and oxygen atoms in total. The summed E-state index contributed by atoms with van der Waals surface area (Å²) in [6, 6.07) is 0. The van der Waals surface area contributed by atoms with Crippen molar-refractivity contribution in [2.45, 2.75) is 58.2 Å². The Bertz CT molecular complexity index is 227. The van der Waals surface area contributed by atoms with E-state index < -0.39 is 5.97 Å². The molecule has 0 aromatic carbocycles. The highest BCUT2D eigenvalue weighted by atomic mass is 16.5. The van der Waals surface area contributed by atoms with Crippen LogP contribution in [-0.2, 0) is 14.3 Å². The fourth-order valence-corrected chi connectivity index (χ4v) is 2.24. The van der Waals surface area contributed by atoms with Gasteiger partial charge < -0.3 is 14.6 Å². The average Bonchev–Trinajstić information content (AvgIpc) is 2.49. The van der Waals surface area contributed by atoms with Crippen LogP contribution in [0.4, 0.5) is 0 Å². The van der Waals surface area contributed by atoms with E-state index in [0.717, 1.165) is 32.1 Å². The molecule has 4 heteroatoms. The highest BCUT2D eigenvalue weighted by molar-refractivity contribution is 5.70. The van der Waals surface area contributed by atoms with E-state index in [2.05, 4.69) is 0 Å². The predicted molar refractivity (Wildman–Crippen MR) is 65.0 cm³/mol. The SMILES string of the molecule is CC(C)OCCOC1CCCCCC1C(=O)O. The van der Waals surface area contributed by atoms with E-state index >= 15 is 0 Å². The first-order valence-corrected chi connectivity index (χ1v) is 6.57. The van der Waals surface area contributed by atoms with Crippen LogP contribution in [0, 0.1) is 5.92 Å². The lowest BCUT2D eigenvalue weighted by atomic mass is 9.97. The Kier molecular flexibility index (Phi) is 6.52. The summed E-state index contributed by atoms with van der Waals surface area (Å²) in [7, 11) is 0. The molecule has 0 bridgehead atoms. The Hall–Kier alpha value is -0.610. The Labute approximate surface area is 103 Å². The molecule has 0 aliphatic heterocycles. The summed E-state index contributed by atoms with van der Waals surface area (Å²) in [4.78, 5) is 11.1. The van der Waals surface area contributed by atoms with Crippen LogP contribution in [-0.4, -0.2) is 36.5 Å². The monoisotopic (exact) mass is 244 g/mol. The highest BCUT2D eigenvalue weighted by Crippen LogP contribution is 2.26. The summed E-state index contributed by atoms with van der Waals surface area (Å²) in [6.45, 7) is 4.99. The van der Waals surface area contributed by atoms with Crippen molar-refractivity contribution in [3.8, 4) is 0 Å². The third-order valence-corrected chi connectivity index (χ3v) is 3.14. The number of hydrogen-bond acceptors (Lipinski definition) is 3. The zero-order chi connectivity index (χ0) is 12.7. The Morgan fingerprint density at radius 3 is 2.59 bits per heavy atom. The van der Waals surface area contributed by atoms with Crippen LogP contribution in [0.3, 0.4) is 0 Å². The topological polar surface area (TPSA) is 55.8 Å². The van der Waals surface area contributed by atoms with E-state index in [4.69, 9.17) is 14.6 Å². The minimum absolute atomic E-state index is 0.134. The van der Waals surface area contributed by atoms with Crippen molar-refractivity contribution in [3.63, 3.8) is 0 Å². The van der Waals surface area contributed by atoms with Crippen molar-refractivity contribution < 1.29 is 19.4 Å². The third kappa shape index (κ3) is 5.50. The number of carbonyl (C=O) groups is 1. The standard InChI is InChI=1S/C13H24O4/c1-10(2)16-8-9-17-12-7-5-3-4-6-11(12)13(14)15/h10-12H,3-9H2,1-2H3,(H,14,15). The van der Waals surface area contributed by atoms with Crippen LogP contribution in [0.2, 0.25) is 0 Å². The van der Waals surface area contributed by atoms with E-state index in [1.54, 1.807) is 0 Å². The fraction of sp³-hybridized carbons (Fsp3) is 0.923. The smallest absolute Gasteiger partial charge is 0.309 e. The molecule has 1 saturated carbocycles. The predicted octanol–water partition coefficient (Wildman–Crippen LogP) is 2.46. The van der Waals surface area contributed by atoms with E-state index in [9.17, 15) is 4.79 Å². The number of hydrogen-bond donors (Lipinski definition) is 1. The van der Waals surface area contributed by atoms with Crippen molar-refractivity contribution in [1.29, 1.82) is 0 Å². The second-order valence-electron chi connectivity index (χ2n) is 4.91. The maximum absolute atomic E-state index is 11.1. The van der Waals surface area contributed by atoms with Crippen LogP contribution in [0.15, 0.2) is 0 Å². The third-order valence-electron chi connectivity index (χ3n) is 3.14. The highest BCUT2D eigenvalue weighted by Gasteiger charge is 2.29. The molecule has 1 rings (SSSR count). The number of carboxylic acid groups (broad SMARTS) is 1. The second-order valence-corrected chi connectivity index (χ2v) is 4.91. The molecular formula is C13H24O4. The quantitative estimate of drug-likeness (QED) is 0.576. The van der Waals surface area contributed by atoms with Crippen molar-refractivity contribution in [1.82, 2.24) is 0 Å². The minimum atomic E-state index is -0.721. The van der Waals surface area contributed by atoms with Crippen molar-refractivity contribution >= 4 is 5.97 Å². The maximum atomic E-state index is 11.1. The normalized spacial score (nSPS) is 25.8. The lowest BCUT2D eigenvalue weighted by molar-refractivity contribution is -0.148. The molecule has 0 spiro atoms. The van der Waals surface area contributed by atoms with Gasteiger partial charge in [-0.05, 0) is 26.7 Å². The zero-order valence-electron chi connectivity index (χ0n) is 10.9. The molecule has 0 heterocycles. The zero-order valence-corrected chi connectivity index (χ0v) is 10.9. The van der Waals surface area contributed by atoms with Gasteiger partial charge in [0.2, 0.25) is 0 Å². The molecule has 0 aromatic rings. The molecule has 0 radical (unpaired) electrons. The summed E-state index contributed by atoms with van der Waals surface area (Å²) in [5.74, 6) is -1.06. The van der Waals surface area contributed by atoms with Gasteiger partial charge in [0, 0.05) is 0 Å². The fourth-order valence-electron chi connectivity index (χ4n) is 2.24. The van der Waals surface area contributed by atoms with Gasteiger partial charge in [-0.2, -0.15) is 0 Å². The Morgan fingerprint density at radius 1 is 1.24 bits per heavy atom. The summed E-state index contributed by atoms with van der Waals surface area (Å²) >= 11 is 0. The molecule has 2 atom stereocenters. The van der Waals surface area contributed by atoms with Gasteiger partial charge in [-0.15, -0.1) is 0 Å². The lowest BCUT2D eigenvalue weighted by Crippen LogP contribution is -2.31. The molecule has 0 saturated heterocycles. The Balaban J connectivity index is 2.33. The summed E-state index contributed by atoms with van der Waals surface area (Å²) in [5.41, 5.74) is 0. The van der Waals surface area contributed by atoms with Crippen molar-refractivity contribution in [2.24, 2.45) is 5.92 Å². The number of ether oxygens (including phenoxy) is 2. The average molecular weight is 244 g/mol. The van der Waals surface area contributed by atoms with E-state index in [1.165, 1.54) is 0 Å². The molecule has 1 fully saturated rings. The number of carboxylic acids is 1. The molecule has 1 aliphatic carbocycles. The van der Waals surface area contributed by atoms with Gasteiger partial charge in [0.25, 0.3) is 0 Å². The van der Waals surface area contributed by atoms with Gasteiger partial charge >= 0.3 is 5.97 Å². The molecule has 1 aliphatic rings. The van der Waals surface area contributed by atoms with E-state index in [-0.39, 0.29) is 18.1 Å². The Morgan fingerprint density at radius 2 is 1.94 bits per heavy atom. The minimum Gasteiger partial charge on any atom is -0.481 e. The van der Waals surface area contributed by atoms with E-state index in [1.807, 2.05) is 13.8 Å². The van der Waals surface area contributed by atoms with Crippen LogP contribution in [0.1, 0.15) is 46.0 Å².